The highest BCUT2D eigenvalue weighted by atomic mass is 16.5. The summed E-state index contributed by atoms with van der Waals surface area (Å²) in [5, 5.41) is 2.48. The molecule has 0 aliphatic carbocycles. The second-order valence-electron chi connectivity index (χ2n) is 4.49. The van der Waals surface area contributed by atoms with Crippen LogP contribution in [0.3, 0.4) is 0 Å². The number of hydrogen-bond acceptors (Lipinski definition) is 3. The van der Waals surface area contributed by atoms with Crippen LogP contribution in [0.2, 0.25) is 0 Å². The number of nitrogens with one attached hydrogen (secondary N) is 2. The van der Waals surface area contributed by atoms with Crippen LogP contribution in [0.5, 0.6) is 0 Å². The van der Waals surface area contributed by atoms with Crippen molar-refractivity contribution in [3.63, 3.8) is 0 Å². The summed E-state index contributed by atoms with van der Waals surface area (Å²) in [5.74, 6) is -0.331. The van der Waals surface area contributed by atoms with Crippen LogP contribution >= 0.6 is 0 Å². The van der Waals surface area contributed by atoms with Gasteiger partial charge in [-0.2, -0.15) is 0 Å². The predicted octanol–water partition coefficient (Wildman–Crippen LogP) is 1.87. The molecule has 0 fully saturated rings. The van der Waals surface area contributed by atoms with Crippen LogP contribution in [0.4, 0.5) is 4.79 Å². The molecule has 0 saturated carbocycles. The van der Waals surface area contributed by atoms with Crippen molar-refractivity contribution in [3.05, 3.63) is 60.4 Å². The van der Waals surface area contributed by atoms with Gasteiger partial charge in [0.25, 0.3) is 5.91 Å². The van der Waals surface area contributed by atoms with Crippen molar-refractivity contribution in [2.45, 2.75) is 19.6 Å². The van der Waals surface area contributed by atoms with Gasteiger partial charge in [0.2, 0.25) is 0 Å². The predicted molar refractivity (Wildman–Crippen MR) is 78.0 cm³/mol. The lowest BCUT2D eigenvalue weighted by Gasteiger charge is -2.14. The van der Waals surface area contributed by atoms with E-state index in [1.54, 1.807) is 31.5 Å². The summed E-state index contributed by atoms with van der Waals surface area (Å²) < 4.78 is 6.56. The van der Waals surface area contributed by atoms with Gasteiger partial charge >= 0.3 is 6.09 Å². The summed E-state index contributed by atoms with van der Waals surface area (Å²) in [6.45, 7) is 1.75. The quantitative estimate of drug-likeness (QED) is 0.882. The Bertz CT molecular complexity index is 581. The fourth-order valence-corrected chi connectivity index (χ4v) is 1.64. The van der Waals surface area contributed by atoms with E-state index in [0.717, 1.165) is 5.56 Å². The number of rotatable bonds is 5. The van der Waals surface area contributed by atoms with Crippen molar-refractivity contribution in [3.8, 4) is 0 Å². The van der Waals surface area contributed by atoms with Crippen molar-refractivity contribution < 1.29 is 14.3 Å². The van der Waals surface area contributed by atoms with Gasteiger partial charge in [-0.15, -0.1) is 0 Å². The standard InChI is InChI=1S/C15H17N3O3/c1-12(14(19)17-18-9-5-6-10-18)16-15(20)21-11-13-7-3-2-4-8-13/h2-10,12H,11H2,1H3,(H,16,20)(H,17,19)/t12-/m1/s1. The van der Waals surface area contributed by atoms with Crippen molar-refractivity contribution in [1.29, 1.82) is 0 Å². The molecule has 1 heterocycles. The smallest absolute Gasteiger partial charge is 0.408 e. The van der Waals surface area contributed by atoms with Gasteiger partial charge in [0.05, 0.1) is 0 Å². The summed E-state index contributed by atoms with van der Waals surface area (Å²) in [7, 11) is 0. The van der Waals surface area contributed by atoms with Crippen LogP contribution < -0.4 is 10.7 Å². The minimum Gasteiger partial charge on any atom is -0.445 e. The summed E-state index contributed by atoms with van der Waals surface area (Å²) in [5.41, 5.74) is 3.49. The van der Waals surface area contributed by atoms with Crippen LogP contribution in [0.15, 0.2) is 54.9 Å². The van der Waals surface area contributed by atoms with Gasteiger partial charge in [-0.1, -0.05) is 30.3 Å². The van der Waals surface area contributed by atoms with Gasteiger partial charge < -0.3 is 10.1 Å². The Labute approximate surface area is 122 Å². The van der Waals surface area contributed by atoms with Crippen molar-refractivity contribution in [1.82, 2.24) is 9.99 Å². The molecule has 2 amide bonds. The van der Waals surface area contributed by atoms with Crippen molar-refractivity contribution in [2.24, 2.45) is 0 Å². The van der Waals surface area contributed by atoms with E-state index in [0.29, 0.717) is 0 Å². The van der Waals surface area contributed by atoms with Crippen molar-refractivity contribution >= 4 is 12.0 Å². The zero-order valence-corrected chi connectivity index (χ0v) is 11.7. The highest BCUT2D eigenvalue weighted by Gasteiger charge is 2.16. The van der Waals surface area contributed by atoms with Gasteiger partial charge in [0.15, 0.2) is 0 Å². The third kappa shape index (κ3) is 4.68. The summed E-state index contributed by atoms with van der Waals surface area (Å²) in [6.07, 6.45) is 2.76. The molecule has 2 rings (SSSR count). The molecule has 0 bridgehead atoms. The first-order valence-corrected chi connectivity index (χ1v) is 6.56. The van der Waals surface area contributed by atoms with E-state index < -0.39 is 12.1 Å². The Morgan fingerprint density at radius 3 is 2.48 bits per heavy atom. The molecular weight excluding hydrogens is 270 g/mol. The molecule has 110 valence electrons. The normalized spacial score (nSPS) is 11.5. The van der Waals surface area contributed by atoms with Crippen LogP contribution in [-0.4, -0.2) is 22.7 Å². The second-order valence-corrected chi connectivity index (χ2v) is 4.49. The molecule has 0 radical (unpaired) electrons. The second kappa shape index (κ2) is 7.14. The minimum atomic E-state index is -0.698. The lowest BCUT2D eigenvalue weighted by Crippen LogP contribution is -2.43. The first-order chi connectivity index (χ1) is 10.1. The van der Waals surface area contributed by atoms with E-state index in [1.165, 1.54) is 4.68 Å². The molecular formula is C15H17N3O3. The molecule has 0 aliphatic heterocycles. The van der Waals surface area contributed by atoms with Crippen LogP contribution in [0.1, 0.15) is 12.5 Å². The molecule has 0 unspecified atom stereocenters. The number of carbonyl (C=O) groups is 2. The summed E-state index contributed by atoms with van der Waals surface area (Å²) >= 11 is 0. The van der Waals surface area contributed by atoms with E-state index >= 15 is 0 Å². The minimum absolute atomic E-state index is 0.165. The Morgan fingerprint density at radius 2 is 1.81 bits per heavy atom. The third-order valence-corrected chi connectivity index (χ3v) is 2.78. The molecule has 1 aromatic heterocycles. The molecule has 0 saturated heterocycles. The molecule has 1 aromatic carbocycles. The number of hydrogen-bond donors (Lipinski definition) is 2. The Morgan fingerprint density at radius 1 is 1.14 bits per heavy atom. The average molecular weight is 287 g/mol. The fraction of sp³-hybridized carbons (Fsp3) is 0.200. The number of alkyl carbamates (subject to hydrolysis) is 1. The van der Waals surface area contributed by atoms with Gasteiger partial charge in [-0.05, 0) is 24.6 Å². The number of carbonyl (C=O) groups excluding carboxylic acids is 2. The number of nitrogens with zero attached hydrogens (tertiary/aromatic N) is 1. The summed E-state index contributed by atoms with van der Waals surface area (Å²) in [4.78, 5) is 23.4. The van der Waals surface area contributed by atoms with Crippen LogP contribution in [0.25, 0.3) is 0 Å². The van der Waals surface area contributed by atoms with E-state index in [1.807, 2.05) is 30.3 Å². The van der Waals surface area contributed by atoms with Gasteiger partial charge in [-0.3, -0.25) is 14.9 Å². The molecule has 6 heteroatoms. The first kappa shape index (κ1) is 14.6. The van der Waals surface area contributed by atoms with Gasteiger partial charge in [-0.25, -0.2) is 4.79 Å². The molecule has 0 aliphatic rings. The molecule has 2 N–H and O–H groups in total. The number of benzene rings is 1. The van der Waals surface area contributed by atoms with E-state index in [2.05, 4.69) is 10.7 Å². The number of ether oxygens (including phenoxy) is 1. The molecule has 1 atom stereocenters. The number of amides is 2. The highest BCUT2D eigenvalue weighted by Crippen LogP contribution is 2.00. The molecule has 6 nitrogen and oxygen atoms in total. The Hall–Kier alpha value is -2.76. The lowest BCUT2D eigenvalue weighted by atomic mass is 10.2. The zero-order chi connectivity index (χ0) is 15.1. The largest absolute Gasteiger partial charge is 0.445 e. The fourth-order valence-electron chi connectivity index (χ4n) is 1.64. The van der Waals surface area contributed by atoms with Crippen molar-refractivity contribution in [2.75, 3.05) is 5.43 Å². The monoisotopic (exact) mass is 287 g/mol. The van der Waals surface area contributed by atoms with Gasteiger partial charge in [0.1, 0.15) is 12.6 Å². The summed E-state index contributed by atoms with van der Waals surface area (Å²) in [6, 6.07) is 12.2. The molecule has 0 spiro atoms. The highest BCUT2D eigenvalue weighted by molar-refractivity contribution is 5.90. The Balaban J connectivity index is 1.75. The molecule has 21 heavy (non-hydrogen) atoms. The van der Waals surface area contributed by atoms with E-state index in [9.17, 15) is 9.59 Å². The van der Waals surface area contributed by atoms with Crippen LogP contribution in [-0.2, 0) is 16.1 Å². The maximum absolute atomic E-state index is 11.8. The zero-order valence-electron chi connectivity index (χ0n) is 11.7. The average Bonchev–Trinajstić information content (AvgIpc) is 2.99. The third-order valence-electron chi connectivity index (χ3n) is 2.78. The van der Waals surface area contributed by atoms with E-state index in [-0.39, 0.29) is 12.5 Å². The maximum atomic E-state index is 11.8. The van der Waals surface area contributed by atoms with Crippen LogP contribution in [0, 0.1) is 0 Å². The topological polar surface area (TPSA) is 72.4 Å². The lowest BCUT2D eigenvalue weighted by molar-refractivity contribution is -0.118. The maximum Gasteiger partial charge on any atom is 0.408 e. The van der Waals surface area contributed by atoms with E-state index in [4.69, 9.17) is 4.74 Å². The first-order valence-electron chi connectivity index (χ1n) is 6.56. The molecule has 2 aromatic rings. The SMILES string of the molecule is C[C@@H](NC(=O)OCc1ccccc1)C(=O)Nn1cccc1. The Kier molecular flexibility index (Phi) is 4.98. The van der Waals surface area contributed by atoms with Gasteiger partial charge in [0, 0.05) is 12.4 Å². The number of aromatic nitrogens is 1.